The topological polar surface area (TPSA) is 90.5 Å². The fraction of sp³-hybridized carbons (Fsp3) is 0.625. The smallest absolute Gasteiger partial charge is 0.315 e. The van der Waals surface area contributed by atoms with Gasteiger partial charge in [0.15, 0.2) is 0 Å². The van der Waals surface area contributed by atoms with Gasteiger partial charge >= 0.3 is 6.03 Å². The predicted octanol–water partition coefficient (Wildman–Crippen LogP) is 3.67. The van der Waals surface area contributed by atoms with E-state index in [1.165, 1.54) is 6.42 Å². The number of rotatable bonds is 7. The van der Waals surface area contributed by atoms with Crippen molar-refractivity contribution >= 4 is 35.3 Å². The first-order valence-electron chi connectivity index (χ1n) is 11.8. The van der Waals surface area contributed by atoms with E-state index < -0.39 is 0 Å². The fourth-order valence-electron chi connectivity index (χ4n) is 4.99. The van der Waals surface area contributed by atoms with Gasteiger partial charge in [0.2, 0.25) is 5.91 Å². The third kappa shape index (κ3) is 5.22. The molecular formula is C24H34N4O3S. The number of hydrogen-bond acceptors (Lipinski definition) is 4. The first kappa shape index (κ1) is 23.0. The standard InChI is InChI=1S/C24H34N4O3S/c1-15-13-17(23(30)28-12-6-5-7-16(28)2)10-11-18(15)25-21(29)9-4-3-8-20-22-19(14-32-20)26-24(31)27-22/h10-11,13,16,19-20,22H,3-9,12,14H2,1-2H3,(H,25,29)(H2,26,27,31)/t16-,19-,20-,22-/m0/s1. The van der Waals surface area contributed by atoms with Crippen LogP contribution in [0.25, 0.3) is 0 Å². The first-order chi connectivity index (χ1) is 15.4. The normalized spacial score (nSPS) is 26.9. The lowest BCUT2D eigenvalue weighted by Gasteiger charge is -2.33. The van der Waals surface area contributed by atoms with Crippen LogP contribution in [0, 0.1) is 6.92 Å². The van der Waals surface area contributed by atoms with Crippen molar-refractivity contribution in [1.29, 1.82) is 0 Å². The highest BCUT2D eigenvalue weighted by Crippen LogP contribution is 2.33. The molecule has 0 bridgehead atoms. The molecule has 8 heteroatoms. The van der Waals surface area contributed by atoms with E-state index in [2.05, 4.69) is 22.9 Å². The molecule has 0 aliphatic carbocycles. The molecule has 3 aliphatic rings. The van der Waals surface area contributed by atoms with Gasteiger partial charge in [-0.1, -0.05) is 6.42 Å². The quantitative estimate of drug-likeness (QED) is 0.429. The number of carbonyl (C=O) groups excluding carboxylic acids is 3. The first-order valence-corrected chi connectivity index (χ1v) is 12.9. The van der Waals surface area contributed by atoms with Gasteiger partial charge in [-0.3, -0.25) is 9.59 Å². The molecule has 7 nitrogen and oxygen atoms in total. The number of thioether (sulfide) groups is 1. The number of urea groups is 1. The highest BCUT2D eigenvalue weighted by Gasteiger charge is 2.42. The summed E-state index contributed by atoms with van der Waals surface area (Å²) in [7, 11) is 0. The van der Waals surface area contributed by atoms with Crippen molar-refractivity contribution in [2.24, 2.45) is 0 Å². The molecular weight excluding hydrogens is 424 g/mol. The molecule has 0 unspecified atom stereocenters. The van der Waals surface area contributed by atoms with Crippen molar-refractivity contribution < 1.29 is 14.4 Å². The molecule has 1 aromatic carbocycles. The minimum absolute atomic E-state index is 0.00427. The Balaban J connectivity index is 1.22. The summed E-state index contributed by atoms with van der Waals surface area (Å²) in [5.41, 5.74) is 2.37. The van der Waals surface area contributed by atoms with E-state index in [1.807, 2.05) is 41.8 Å². The molecule has 0 aromatic heterocycles. The van der Waals surface area contributed by atoms with E-state index in [0.717, 1.165) is 55.7 Å². The second-order valence-electron chi connectivity index (χ2n) is 9.29. The molecule has 0 saturated carbocycles. The van der Waals surface area contributed by atoms with Crippen LogP contribution in [-0.2, 0) is 4.79 Å². The van der Waals surface area contributed by atoms with E-state index in [0.29, 0.717) is 17.2 Å². The minimum Gasteiger partial charge on any atom is -0.336 e. The van der Waals surface area contributed by atoms with Crippen molar-refractivity contribution in [2.45, 2.75) is 82.2 Å². The third-order valence-corrected chi connectivity index (χ3v) is 8.40. The molecule has 3 heterocycles. The number of anilines is 1. The van der Waals surface area contributed by atoms with Gasteiger partial charge in [0.25, 0.3) is 5.91 Å². The number of unbranched alkanes of at least 4 members (excludes halogenated alkanes) is 1. The summed E-state index contributed by atoms with van der Waals surface area (Å²) in [5, 5.41) is 9.40. The van der Waals surface area contributed by atoms with Crippen LogP contribution in [0.15, 0.2) is 18.2 Å². The van der Waals surface area contributed by atoms with Crippen LogP contribution in [0.3, 0.4) is 0 Å². The molecule has 174 valence electrons. The molecule has 4 atom stereocenters. The lowest BCUT2D eigenvalue weighted by molar-refractivity contribution is -0.116. The second kappa shape index (κ2) is 10.1. The van der Waals surface area contributed by atoms with Crippen molar-refractivity contribution in [3.63, 3.8) is 0 Å². The van der Waals surface area contributed by atoms with Crippen LogP contribution in [0.2, 0.25) is 0 Å². The average Bonchev–Trinajstić information content (AvgIpc) is 3.32. The Kier molecular flexibility index (Phi) is 7.28. The molecule has 3 fully saturated rings. The van der Waals surface area contributed by atoms with Crippen LogP contribution < -0.4 is 16.0 Å². The minimum atomic E-state index is -0.0572. The summed E-state index contributed by atoms with van der Waals surface area (Å²) in [6.45, 7) is 4.87. The van der Waals surface area contributed by atoms with E-state index >= 15 is 0 Å². The largest absolute Gasteiger partial charge is 0.336 e. The van der Waals surface area contributed by atoms with Gasteiger partial charge in [0.05, 0.1) is 12.1 Å². The molecule has 0 spiro atoms. The summed E-state index contributed by atoms with van der Waals surface area (Å²) < 4.78 is 0. The zero-order chi connectivity index (χ0) is 22.7. The van der Waals surface area contributed by atoms with E-state index in [9.17, 15) is 14.4 Å². The summed E-state index contributed by atoms with van der Waals surface area (Å²) in [5.74, 6) is 1.05. The maximum Gasteiger partial charge on any atom is 0.315 e. The van der Waals surface area contributed by atoms with Crippen molar-refractivity contribution in [3.05, 3.63) is 29.3 Å². The Morgan fingerprint density at radius 2 is 2.06 bits per heavy atom. The number of piperidine rings is 1. The molecule has 1 aromatic rings. The summed E-state index contributed by atoms with van der Waals surface area (Å²) in [6.07, 6.45) is 6.58. The van der Waals surface area contributed by atoms with Crippen LogP contribution in [0.5, 0.6) is 0 Å². The number of fused-ring (bicyclic) bond motifs is 1. The predicted molar refractivity (Wildman–Crippen MR) is 128 cm³/mol. The second-order valence-corrected chi connectivity index (χ2v) is 10.6. The number of aryl methyl sites for hydroxylation is 1. The zero-order valence-electron chi connectivity index (χ0n) is 19.0. The third-order valence-electron chi connectivity index (χ3n) is 6.89. The van der Waals surface area contributed by atoms with Gasteiger partial charge in [-0.2, -0.15) is 11.8 Å². The Bertz CT molecular complexity index is 877. The van der Waals surface area contributed by atoms with Crippen molar-refractivity contribution in [1.82, 2.24) is 15.5 Å². The van der Waals surface area contributed by atoms with Gasteiger partial charge in [-0.15, -0.1) is 0 Å². The molecule has 3 N–H and O–H groups in total. The average molecular weight is 459 g/mol. The van der Waals surface area contributed by atoms with Crippen molar-refractivity contribution in [3.8, 4) is 0 Å². The van der Waals surface area contributed by atoms with Crippen LogP contribution in [-0.4, -0.2) is 58.4 Å². The number of amides is 4. The Morgan fingerprint density at radius 1 is 1.22 bits per heavy atom. The maximum atomic E-state index is 12.9. The lowest BCUT2D eigenvalue weighted by atomic mass is 10.0. The summed E-state index contributed by atoms with van der Waals surface area (Å²) in [6, 6.07) is 6.25. The number of carbonyl (C=O) groups is 3. The highest BCUT2D eigenvalue weighted by atomic mass is 32.2. The monoisotopic (exact) mass is 458 g/mol. The molecule has 3 aliphatic heterocycles. The number of nitrogens with zero attached hydrogens (tertiary/aromatic N) is 1. The van der Waals surface area contributed by atoms with Gasteiger partial charge < -0.3 is 20.9 Å². The Hall–Kier alpha value is -2.22. The maximum absolute atomic E-state index is 12.9. The van der Waals surface area contributed by atoms with Gasteiger partial charge in [-0.25, -0.2) is 4.79 Å². The Morgan fingerprint density at radius 3 is 2.84 bits per heavy atom. The van der Waals surface area contributed by atoms with E-state index in [-0.39, 0.29) is 36.0 Å². The zero-order valence-corrected chi connectivity index (χ0v) is 19.8. The number of likely N-dealkylation sites (tertiary alicyclic amines) is 1. The molecule has 32 heavy (non-hydrogen) atoms. The number of hydrogen-bond donors (Lipinski definition) is 3. The molecule has 0 radical (unpaired) electrons. The van der Waals surface area contributed by atoms with E-state index in [4.69, 9.17) is 0 Å². The summed E-state index contributed by atoms with van der Waals surface area (Å²) >= 11 is 1.90. The Labute approximate surface area is 194 Å². The van der Waals surface area contributed by atoms with Crippen LogP contribution in [0.4, 0.5) is 10.5 Å². The lowest BCUT2D eigenvalue weighted by Crippen LogP contribution is -2.42. The number of benzene rings is 1. The van der Waals surface area contributed by atoms with Gasteiger partial charge in [0.1, 0.15) is 0 Å². The van der Waals surface area contributed by atoms with Crippen molar-refractivity contribution in [2.75, 3.05) is 17.6 Å². The van der Waals surface area contributed by atoms with Gasteiger partial charge in [-0.05, 0) is 69.7 Å². The summed E-state index contributed by atoms with van der Waals surface area (Å²) in [4.78, 5) is 38.8. The van der Waals surface area contributed by atoms with Gasteiger partial charge in [0, 0.05) is 41.3 Å². The molecule has 4 amide bonds. The highest BCUT2D eigenvalue weighted by molar-refractivity contribution is 8.00. The SMILES string of the molecule is Cc1cc(C(=O)N2CCCC[C@@H]2C)ccc1NC(=O)CCCC[C@@H]1SC[C@@H]2NC(=O)N[C@@H]21. The fourth-order valence-corrected chi connectivity index (χ4v) is 6.53. The van der Waals surface area contributed by atoms with Crippen LogP contribution >= 0.6 is 11.8 Å². The van der Waals surface area contributed by atoms with Crippen LogP contribution in [0.1, 0.15) is 67.8 Å². The molecule has 3 saturated heterocycles. The molecule has 4 rings (SSSR count). The van der Waals surface area contributed by atoms with E-state index in [1.54, 1.807) is 0 Å². The number of nitrogens with one attached hydrogen (secondary N) is 3.